The van der Waals surface area contributed by atoms with Crippen molar-refractivity contribution in [2.45, 2.75) is 18.0 Å². The molecule has 0 spiro atoms. The normalized spacial score (nSPS) is 15.0. The summed E-state index contributed by atoms with van der Waals surface area (Å²) >= 11 is 0. The number of hydrogen-bond acceptors (Lipinski definition) is 9. The number of aliphatic hydroxyl groups is 1. The third-order valence-corrected chi connectivity index (χ3v) is 9.08. The molecule has 11 heteroatoms. The van der Waals surface area contributed by atoms with Crippen LogP contribution in [0.3, 0.4) is 0 Å². The van der Waals surface area contributed by atoms with E-state index in [0.29, 0.717) is 37.6 Å². The van der Waals surface area contributed by atoms with E-state index in [1.807, 2.05) is 72.8 Å². The van der Waals surface area contributed by atoms with E-state index in [1.54, 1.807) is 35.8 Å². The van der Waals surface area contributed by atoms with Gasteiger partial charge in [-0.15, -0.1) is 0 Å². The van der Waals surface area contributed by atoms with Crippen molar-refractivity contribution in [1.29, 1.82) is 0 Å². The average molecular weight is 582 g/mol. The van der Waals surface area contributed by atoms with E-state index in [0.717, 1.165) is 33.7 Å². The van der Waals surface area contributed by atoms with Gasteiger partial charge in [-0.3, -0.25) is 4.98 Å². The smallest absolute Gasteiger partial charge is 0.245 e. The van der Waals surface area contributed by atoms with Crippen LogP contribution in [0.1, 0.15) is 6.92 Å². The van der Waals surface area contributed by atoms with Crippen molar-refractivity contribution in [3.8, 4) is 11.3 Å². The van der Waals surface area contributed by atoms with Crippen molar-refractivity contribution in [2.24, 2.45) is 0 Å². The molecule has 10 nitrogen and oxygen atoms in total. The Morgan fingerprint density at radius 1 is 0.810 bits per heavy atom. The van der Waals surface area contributed by atoms with Crippen LogP contribution < -0.4 is 15.5 Å². The molecule has 0 radical (unpaired) electrons. The van der Waals surface area contributed by atoms with Gasteiger partial charge in [0.05, 0.1) is 11.2 Å². The molecule has 42 heavy (non-hydrogen) atoms. The van der Waals surface area contributed by atoms with Gasteiger partial charge in [0.15, 0.2) is 0 Å². The second-order valence-electron chi connectivity index (χ2n) is 10.1. The maximum absolute atomic E-state index is 13.5. The van der Waals surface area contributed by atoms with Gasteiger partial charge in [0, 0.05) is 66.6 Å². The highest BCUT2D eigenvalue weighted by molar-refractivity contribution is 7.89. The molecule has 1 aliphatic heterocycles. The van der Waals surface area contributed by atoms with Gasteiger partial charge in [-0.25, -0.2) is 18.4 Å². The molecule has 1 saturated heterocycles. The van der Waals surface area contributed by atoms with Crippen molar-refractivity contribution in [2.75, 3.05) is 41.7 Å². The highest BCUT2D eigenvalue weighted by atomic mass is 32.2. The van der Waals surface area contributed by atoms with Crippen LogP contribution in [-0.4, -0.2) is 65.2 Å². The number of fused-ring (bicyclic) bond motifs is 1. The number of nitrogens with one attached hydrogen (secondary N) is 2. The van der Waals surface area contributed by atoms with Crippen molar-refractivity contribution in [3.05, 3.63) is 97.3 Å². The lowest BCUT2D eigenvalue weighted by Gasteiger charge is -2.35. The van der Waals surface area contributed by atoms with Crippen LogP contribution in [0.2, 0.25) is 0 Å². The number of para-hydroxylation sites is 1. The fourth-order valence-corrected chi connectivity index (χ4v) is 6.64. The van der Waals surface area contributed by atoms with Gasteiger partial charge in [0.2, 0.25) is 16.0 Å². The number of piperazine rings is 1. The zero-order valence-electron chi connectivity index (χ0n) is 23.1. The summed E-state index contributed by atoms with van der Waals surface area (Å²) in [5, 5.41) is 16.5. The molecule has 2 aromatic heterocycles. The number of aromatic nitrogens is 3. The van der Waals surface area contributed by atoms with E-state index in [-0.39, 0.29) is 4.90 Å². The van der Waals surface area contributed by atoms with Crippen molar-refractivity contribution >= 4 is 43.9 Å². The minimum atomic E-state index is -3.66. The predicted octanol–water partition coefficient (Wildman–Crippen LogP) is 4.70. The van der Waals surface area contributed by atoms with Gasteiger partial charge >= 0.3 is 0 Å². The Balaban J connectivity index is 1.09. The highest BCUT2D eigenvalue weighted by Gasteiger charge is 2.30. The van der Waals surface area contributed by atoms with Crippen molar-refractivity contribution in [3.63, 3.8) is 0 Å². The lowest BCUT2D eigenvalue weighted by atomic mass is 10.1. The lowest BCUT2D eigenvalue weighted by molar-refractivity contribution is 0.224. The molecule has 3 heterocycles. The molecule has 5 aromatic rings. The van der Waals surface area contributed by atoms with E-state index >= 15 is 0 Å². The molecule has 0 aliphatic carbocycles. The van der Waals surface area contributed by atoms with Crippen LogP contribution in [0.5, 0.6) is 0 Å². The zero-order valence-corrected chi connectivity index (χ0v) is 23.9. The Hall–Kier alpha value is -4.58. The van der Waals surface area contributed by atoms with Crippen molar-refractivity contribution in [1.82, 2.24) is 19.3 Å². The van der Waals surface area contributed by atoms with Gasteiger partial charge in [-0.05, 0) is 61.5 Å². The molecule has 0 saturated carbocycles. The van der Waals surface area contributed by atoms with E-state index in [2.05, 4.69) is 30.5 Å². The second-order valence-corrected chi connectivity index (χ2v) is 12.0. The fraction of sp³-hybridized carbons (Fsp3) is 0.194. The summed E-state index contributed by atoms with van der Waals surface area (Å²) in [5.74, 6) is 0.480. The maximum Gasteiger partial charge on any atom is 0.245 e. The van der Waals surface area contributed by atoms with E-state index in [4.69, 9.17) is 0 Å². The number of hydrogen-bond donors (Lipinski definition) is 3. The monoisotopic (exact) mass is 581 g/mol. The highest BCUT2D eigenvalue weighted by Crippen LogP contribution is 2.27. The minimum Gasteiger partial charge on any atom is -0.374 e. The summed E-state index contributed by atoms with van der Waals surface area (Å²) in [6.07, 6.45) is 2.71. The molecule has 0 bridgehead atoms. The number of anilines is 4. The van der Waals surface area contributed by atoms with Crippen LogP contribution in [0.25, 0.3) is 22.2 Å². The summed E-state index contributed by atoms with van der Waals surface area (Å²) in [7, 11) is -3.66. The summed E-state index contributed by atoms with van der Waals surface area (Å²) in [6, 6.07) is 26.4. The first kappa shape index (κ1) is 27.6. The van der Waals surface area contributed by atoms with Gasteiger partial charge in [-0.1, -0.05) is 30.3 Å². The maximum atomic E-state index is 13.5. The van der Waals surface area contributed by atoms with Gasteiger partial charge in [0.1, 0.15) is 11.1 Å². The molecule has 1 unspecified atom stereocenters. The Bertz CT molecular complexity index is 1780. The van der Waals surface area contributed by atoms with Gasteiger partial charge in [-0.2, -0.15) is 4.31 Å². The fourth-order valence-electron chi connectivity index (χ4n) is 5.05. The van der Waals surface area contributed by atoms with Crippen LogP contribution in [0, 0.1) is 0 Å². The Kier molecular flexibility index (Phi) is 7.70. The quantitative estimate of drug-likeness (QED) is 0.224. The number of pyridine rings is 1. The Morgan fingerprint density at radius 3 is 2.26 bits per heavy atom. The van der Waals surface area contributed by atoms with Crippen LogP contribution >= 0.6 is 0 Å². The Labute approximate surface area is 244 Å². The van der Waals surface area contributed by atoms with Gasteiger partial charge in [0.25, 0.3) is 0 Å². The summed E-state index contributed by atoms with van der Waals surface area (Å²) < 4.78 is 28.5. The number of nitrogens with zero attached hydrogens (tertiary/aromatic N) is 5. The summed E-state index contributed by atoms with van der Waals surface area (Å²) in [5.41, 5.74) is 4.90. The molecule has 3 aromatic carbocycles. The van der Waals surface area contributed by atoms with E-state index in [1.165, 1.54) is 0 Å². The third-order valence-electron chi connectivity index (χ3n) is 7.15. The molecule has 1 fully saturated rings. The molecular formula is C31H31N7O3S. The van der Waals surface area contributed by atoms with E-state index < -0.39 is 16.3 Å². The topological polar surface area (TPSA) is 124 Å². The largest absolute Gasteiger partial charge is 0.374 e. The average Bonchev–Trinajstić information content (AvgIpc) is 3.01. The SMILES string of the molecule is CC(O)Nc1ccc(-c2ccnc(Nc3ccc(N4CCN(S(=O)(=O)c5cccc6cccnc56)CC4)cc3)n2)cc1. The standard InChI is InChI=1S/C31H31N7O3S/c1-22(39)34-25-9-7-23(8-10-25)28-15-17-33-31(36-28)35-26-11-13-27(14-12-26)37-18-20-38(21-19-37)42(40,41)29-6-2-4-24-5-3-16-32-30(24)29/h2-17,22,34,39H,18-21H2,1H3,(H,33,35,36). The zero-order chi connectivity index (χ0) is 29.1. The van der Waals surface area contributed by atoms with Crippen molar-refractivity contribution < 1.29 is 13.5 Å². The molecule has 1 aliphatic rings. The molecule has 0 amide bonds. The van der Waals surface area contributed by atoms with Crippen LogP contribution in [0.4, 0.5) is 23.0 Å². The summed E-state index contributed by atoms with van der Waals surface area (Å²) in [6.45, 7) is 3.62. The second kappa shape index (κ2) is 11.7. The summed E-state index contributed by atoms with van der Waals surface area (Å²) in [4.78, 5) is 15.8. The van der Waals surface area contributed by atoms with E-state index in [9.17, 15) is 13.5 Å². The molecule has 1 atom stereocenters. The molecule has 214 valence electrons. The first-order valence-electron chi connectivity index (χ1n) is 13.7. The number of aliphatic hydroxyl groups excluding tert-OH is 1. The third kappa shape index (κ3) is 5.89. The number of rotatable bonds is 8. The van der Waals surface area contributed by atoms with Crippen LogP contribution in [-0.2, 0) is 10.0 Å². The predicted molar refractivity (Wildman–Crippen MR) is 165 cm³/mol. The van der Waals surface area contributed by atoms with Gasteiger partial charge < -0.3 is 20.6 Å². The lowest BCUT2D eigenvalue weighted by Crippen LogP contribution is -2.48. The minimum absolute atomic E-state index is 0.251. The number of benzene rings is 3. The molecular weight excluding hydrogens is 550 g/mol. The molecule has 6 rings (SSSR count). The molecule has 3 N–H and O–H groups in total. The first-order valence-corrected chi connectivity index (χ1v) is 15.1. The first-order chi connectivity index (χ1) is 20.4. The number of sulfonamides is 1. The Morgan fingerprint density at radius 2 is 1.52 bits per heavy atom. The van der Waals surface area contributed by atoms with Crippen LogP contribution in [0.15, 0.2) is 102 Å².